The largest absolute Gasteiger partial charge is 0.395 e. The van der Waals surface area contributed by atoms with Crippen LogP contribution < -0.4 is 0 Å². The second-order valence-electron chi connectivity index (χ2n) is 4.66. The summed E-state index contributed by atoms with van der Waals surface area (Å²) in [6.45, 7) is 5.71. The topological polar surface area (TPSA) is 62.4 Å². The van der Waals surface area contributed by atoms with Crippen molar-refractivity contribution in [3.63, 3.8) is 0 Å². The lowest BCUT2D eigenvalue weighted by molar-refractivity contribution is 0.132. The normalized spacial score (nSPS) is 11.7. The molecule has 0 aliphatic heterocycles. The van der Waals surface area contributed by atoms with Crippen molar-refractivity contribution in [3.05, 3.63) is 23.3 Å². The van der Waals surface area contributed by atoms with Gasteiger partial charge in [0.15, 0.2) is 5.82 Å². The van der Waals surface area contributed by atoms with Crippen LogP contribution in [0.25, 0.3) is 10.8 Å². The van der Waals surface area contributed by atoms with Gasteiger partial charge in [-0.15, -0.1) is 11.3 Å². The fourth-order valence-electron chi connectivity index (χ4n) is 2.32. The van der Waals surface area contributed by atoms with E-state index in [1.165, 1.54) is 0 Å². The molecule has 5 nitrogen and oxygen atoms in total. The maximum Gasteiger partial charge on any atom is 0.268 e. The van der Waals surface area contributed by atoms with E-state index in [9.17, 15) is 5.11 Å². The minimum Gasteiger partial charge on any atom is -0.395 e. The SMILES string of the molecule is CCC(CC)N(CCO)Cc1noc(-c2cccs2)n1. The first-order valence-corrected chi connectivity index (χ1v) is 7.87. The zero-order valence-corrected chi connectivity index (χ0v) is 12.8. The van der Waals surface area contributed by atoms with Crippen molar-refractivity contribution < 1.29 is 9.63 Å². The Morgan fingerprint density at radius 1 is 1.40 bits per heavy atom. The monoisotopic (exact) mass is 295 g/mol. The average molecular weight is 295 g/mol. The van der Waals surface area contributed by atoms with Crippen LogP contribution in [-0.2, 0) is 6.54 Å². The van der Waals surface area contributed by atoms with Crippen molar-refractivity contribution in [2.45, 2.75) is 39.3 Å². The summed E-state index contributed by atoms with van der Waals surface area (Å²) >= 11 is 1.58. The fourth-order valence-corrected chi connectivity index (χ4v) is 2.97. The Kier molecular flexibility index (Phi) is 5.70. The third-order valence-corrected chi connectivity index (χ3v) is 4.25. The molecule has 0 radical (unpaired) electrons. The molecule has 2 aromatic rings. The van der Waals surface area contributed by atoms with E-state index in [4.69, 9.17) is 4.52 Å². The van der Waals surface area contributed by atoms with E-state index in [2.05, 4.69) is 28.9 Å². The van der Waals surface area contributed by atoms with Gasteiger partial charge in [0, 0.05) is 12.6 Å². The molecule has 2 heterocycles. The van der Waals surface area contributed by atoms with Gasteiger partial charge in [-0.1, -0.05) is 25.1 Å². The fraction of sp³-hybridized carbons (Fsp3) is 0.571. The molecule has 0 unspecified atom stereocenters. The second kappa shape index (κ2) is 7.52. The molecule has 0 amide bonds. The molecule has 6 heteroatoms. The standard InChI is InChI=1S/C14H21N3O2S/c1-3-11(4-2)17(7-8-18)10-13-15-14(19-16-13)12-6-5-9-20-12/h5-6,9,11,18H,3-4,7-8,10H2,1-2H3. The highest BCUT2D eigenvalue weighted by Crippen LogP contribution is 2.23. The van der Waals surface area contributed by atoms with E-state index in [1.54, 1.807) is 11.3 Å². The van der Waals surface area contributed by atoms with Crippen LogP contribution in [0.15, 0.2) is 22.0 Å². The molecule has 0 bridgehead atoms. The highest BCUT2D eigenvalue weighted by molar-refractivity contribution is 7.13. The first kappa shape index (κ1) is 15.2. The average Bonchev–Trinajstić information content (AvgIpc) is 3.10. The van der Waals surface area contributed by atoms with E-state index in [0.29, 0.717) is 30.8 Å². The van der Waals surface area contributed by atoms with Crippen LogP contribution in [0.3, 0.4) is 0 Å². The van der Waals surface area contributed by atoms with Crippen molar-refractivity contribution in [2.75, 3.05) is 13.2 Å². The quantitative estimate of drug-likeness (QED) is 0.811. The van der Waals surface area contributed by atoms with Crippen LogP contribution in [0, 0.1) is 0 Å². The summed E-state index contributed by atoms with van der Waals surface area (Å²) in [7, 11) is 0. The Morgan fingerprint density at radius 2 is 2.20 bits per heavy atom. The van der Waals surface area contributed by atoms with Gasteiger partial charge in [-0.3, -0.25) is 4.90 Å². The Morgan fingerprint density at radius 3 is 2.80 bits per heavy atom. The number of hydrogen-bond acceptors (Lipinski definition) is 6. The Bertz CT molecular complexity index is 494. The molecule has 0 fully saturated rings. The lowest BCUT2D eigenvalue weighted by Crippen LogP contribution is -2.36. The summed E-state index contributed by atoms with van der Waals surface area (Å²) in [6.07, 6.45) is 2.10. The van der Waals surface area contributed by atoms with Crippen LogP contribution in [0.5, 0.6) is 0 Å². The summed E-state index contributed by atoms with van der Waals surface area (Å²) < 4.78 is 5.30. The van der Waals surface area contributed by atoms with Crippen molar-refractivity contribution >= 4 is 11.3 Å². The number of aromatic nitrogens is 2. The Hall–Kier alpha value is -1.24. The van der Waals surface area contributed by atoms with E-state index >= 15 is 0 Å². The van der Waals surface area contributed by atoms with Crippen LogP contribution in [0.4, 0.5) is 0 Å². The minimum atomic E-state index is 0.145. The first-order valence-electron chi connectivity index (χ1n) is 6.99. The molecule has 110 valence electrons. The molecule has 2 aromatic heterocycles. The number of aliphatic hydroxyl groups is 1. The lowest BCUT2D eigenvalue weighted by Gasteiger charge is -2.28. The smallest absolute Gasteiger partial charge is 0.268 e. The third-order valence-electron chi connectivity index (χ3n) is 3.39. The molecule has 0 saturated heterocycles. The number of hydrogen-bond donors (Lipinski definition) is 1. The summed E-state index contributed by atoms with van der Waals surface area (Å²) in [6, 6.07) is 4.37. The maximum absolute atomic E-state index is 9.21. The van der Waals surface area contributed by atoms with Gasteiger partial charge in [-0.2, -0.15) is 4.98 Å². The Balaban J connectivity index is 2.07. The van der Waals surface area contributed by atoms with Crippen molar-refractivity contribution in [2.24, 2.45) is 0 Å². The highest BCUT2D eigenvalue weighted by atomic mass is 32.1. The summed E-state index contributed by atoms with van der Waals surface area (Å²) in [5, 5.41) is 15.2. The van der Waals surface area contributed by atoms with Crippen LogP contribution in [0.1, 0.15) is 32.5 Å². The third kappa shape index (κ3) is 3.65. The van der Waals surface area contributed by atoms with Gasteiger partial charge in [0.05, 0.1) is 18.0 Å². The van der Waals surface area contributed by atoms with E-state index in [-0.39, 0.29) is 6.61 Å². The van der Waals surface area contributed by atoms with Gasteiger partial charge in [-0.25, -0.2) is 0 Å². The molecule has 0 atom stereocenters. The number of thiophene rings is 1. The van der Waals surface area contributed by atoms with Gasteiger partial charge in [0.1, 0.15) is 0 Å². The first-order chi connectivity index (χ1) is 9.78. The van der Waals surface area contributed by atoms with Crippen molar-refractivity contribution in [1.29, 1.82) is 0 Å². The number of rotatable bonds is 8. The maximum atomic E-state index is 9.21. The Labute approximate surface area is 123 Å². The predicted molar refractivity (Wildman–Crippen MR) is 79.5 cm³/mol. The molecule has 0 saturated carbocycles. The van der Waals surface area contributed by atoms with Gasteiger partial charge in [0.25, 0.3) is 5.89 Å². The molecule has 0 aliphatic rings. The zero-order valence-electron chi connectivity index (χ0n) is 12.0. The van der Waals surface area contributed by atoms with Gasteiger partial charge in [-0.05, 0) is 24.3 Å². The van der Waals surface area contributed by atoms with E-state index in [0.717, 1.165) is 17.7 Å². The molecule has 0 aliphatic carbocycles. The molecule has 20 heavy (non-hydrogen) atoms. The summed E-state index contributed by atoms with van der Waals surface area (Å²) in [4.78, 5) is 7.63. The predicted octanol–water partition coefficient (Wildman–Crippen LogP) is 2.78. The van der Waals surface area contributed by atoms with Gasteiger partial charge in [0.2, 0.25) is 0 Å². The highest BCUT2D eigenvalue weighted by Gasteiger charge is 2.18. The molecular formula is C14H21N3O2S. The van der Waals surface area contributed by atoms with Crippen LogP contribution in [-0.4, -0.2) is 39.3 Å². The molecule has 2 rings (SSSR count). The second-order valence-corrected chi connectivity index (χ2v) is 5.61. The van der Waals surface area contributed by atoms with Crippen molar-refractivity contribution in [1.82, 2.24) is 15.0 Å². The lowest BCUT2D eigenvalue weighted by atomic mass is 10.1. The van der Waals surface area contributed by atoms with Crippen LogP contribution in [0.2, 0.25) is 0 Å². The van der Waals surface area contributed by atoms with Crippen molar-refractivity contribution in [3.8, 4) is 10.8 Å². The molecule has 0 spiro atoms. The molecule has 1 N–H and O–H groups in total. The minimum absolute atomic E-state index is 0.145. The van der Waals surface area contributed by atoms with E-state index in [1.807, 2.05) is 17.5 Å². The summed E-state index contributed by atoms with van der Waals surface area (Å²) in [5.74, 6) is 1.25. The van der Waals surface area contributed by atoms with E-state index < -0.39 is 0 Å². The van der Waals surface area contributed by atoms with Crippen LogP contribution >= 0.6 is 11.3 Å². The number of nitrogens with zero attached hydrogens (tertiary/aromatic N) is 3. The number of aliphatic hydroxyl groups excluding tert-OH is 1. The molecular weight excluding hydrogens is 274 g/mol. The summed E-state index contributed by atoms with van der Waals surface area (Å²) in [5.41, 5.74) is 0. The van der Waals surface area contributed by atoms with Gasteiger partial charge >= 0.3 is 0 Å². The van der Waals surface area contributed by atoms with Gasteiger partial charge < -0.3 is 9.63 Å². The molecule has 0 aromatic carbocycles. The zero-order chi connectivity index (χ0) is 14.4.